The summed E-state index contributed by atoms with van der Waals surface area (Å²) in [6, 6.07) is 8.32. The largest absolute Gasteiger partial charge is 0.424 e. The van der Waals surface area contributed by atoms with Gasteiger partial charge in [0.2, 0.25) is 0 Å². The zero-order valence-electron chi connectivity index (χ0n) is 15.0. The Kier molecular flexibility index (Phi) is 3.84. The van der Waals surface area contributed by atoms with Crippen molar-refractivity contribution in [2.75, 3.05) is 18.4 Å². The van der Waals surface area contributed by atoms with Crippen LogP contribution in [0.1, 0.15) is 28.8 Å². The number of carbonyl (C=O) groups excluding carboxylic acids is 1. The maximum Gasteiger partial charge on any atom is 0.295 e. The quantitative estimate of drug-likeness (QED) is 0.645. The maximum atomic E-state index is 13.1. The van der Waals surface area contributed by atoms with Gasteiger partial charge in [-0.1, -0.05) is 19.1 Å². The average Bonchev–Trinajstić information content (AvgIpc) is 2.95. The number of nitrogens with one attached hydrogen (secondary N) is 1. The SMILES string of the molecule is Cc1nc(C(=O)N2CC3(C)C[C@H]3[C@H]2CNc2nc3ccccc3o2)c(Br)s1. The first-order chi connectivity index (χ1) is 12.9. The van der Waals surface area contributed by atoms with Crippen molar-refractivity contribution in [3.8, 4) is 0 Å². The minimum Gasteiger partial charge on any atom is -0.424 e. The topological polar surface area (TPSA) is 71.3 Å². The van der Waals surface area contributed by atoms with Gasteiger partial charge in [0, 0.05) is 13.1 Å². The summed E-state index contributed by atoms with van der Waals surface area (Å²) in [6.45, 7) is 5.58. The average molecular weight is 447 g/mol. The Hall–Kier alpha value is -1.93. The lowest BCUT2D eigenvalue weighted by Gasteiger charge is -2.27. The van der Waals surface area contributed by atoms with Crippen molar-refractivity contribution in [3.63, 3.8) is 0 Å². The van der Waals surface area contributed by atoms with Crippen LogP contribution in [0.3, 0.4) is 0 Å². The fourth-order valence-electron chi connectivity index (χ4n) is 4.23. The van der Waals surface area contributed by atoms with Gasteiger partial charge in [-0.3, -0.25) is 4.79 Å². The molecule has 3 aromatic rings. The van der Waals surface area contributed by atoms with Crippen LogP contribution in [0.2, 0.25) is 0 Å². The zero-order chi connectivity index (χ0) is 18.8. The summed E-state index contributed by atoms with van der Waals surface area (Å²) in [5, 5.41) is 4.20. The van der Waals surface area contributed by atoms with E-state index in [1.54, 1.807) is 0 Å². The molecule has 1 amide bonds. The van der Waals surface area contributed by atoms with Gasteiger partial charge in [0.1, 0.15) is 9.30 Å². The molecule has 1 N–H and O–H groups in total. The number of oxazole rings is 1. The molecule has 1 saturated heterocycles. The Morgan fingerprint density at radius 1 is 1.44 bits per heavy atom. The third-order valence-corrected chi connectivity index (χ3v) is 7.35. The number of likely N-dealkylation sites (tertiary alicyclic amines) is 1. The number of fused-ring (bicyclic) bond motifs is 2. The third kappa shape index (κ3) is 2.86. The normalized spacial score (nSPS) is 26.4. The van der Waals surface area contributed by atoms with E-state index in [4.69, 9.17) is 4.42 Å². The second-order valence-corrected chi connectivity index (χ2v) is 10.2. The van der Waals surface area contributed by atoms with Crippen molar-refractivity contribution >= 4 is 50.3 Å². The fraction of sp³-hybridized carbons (Fsp3) is 0.421. The first-order valence-corrected chi connectivity index (χ1v) is 10.6. The minimum atomic E-state index is 0.00372. The van der Waals surface area contributed by atoms with Crippen LogP contribution in [0.5, 0.6) is 0 Å². The van der Waals surface area contributed by atoms with Gasteiger partial charge in [-0.05, 0) is 52.7 Å². The molecular weight excluding hydrogens is 428 g/mol. The number of aryl methyl sites for hydroxylation is 1. The summed E-state index contributed by atoms with van der Waals surface area (Å²) in [7, 11) is 0. The smallest absolute Gasteiger partial charge is 0.295 e. The Morgan fingerprint density at radius 3 is 3.00 bits per heavy atom. The lowest BCUT2D eigenvalue weighted by molar-refractivity contribution is 0.0700. The highest BCUT2D eigenvalue weighted by molar-refractivity contribution is 9.11. The second-order valence-electron chi connectivity index (χ2n) is 7.69. The van der Waals surface area contributed by atoms with Gasteiger partial charge < -0.3 is 14.6 Å². The van der Waals surface area contributed by atoms with E-state index < -0.39 is 0 Å². The number of para-hydroxylation sites is 2. The van der Waals surface area contributed by atoms with E-state index in [-0.39, 0.29) is 17.4 Å². The lowest BCUT2D eigenvalue weighted by atomic mass is 10.1. The van der Waals surface area contributed by atoms with Crippen molar-refractivity contribution in [3.05, 3.63) is 38.8 Å². The van der Waals surface area contributed by atoms with E-state index in [9.17, 15) is 4.79 Å². The summed E-state index contributed by atoms with van der Waals surface area (Å²) in [5.41, 5.74) is 2.34. The van der Waals surface area contributed by atoms with Crippen LogP contribution >= 0.6 is 27.3 Å². The molecule has 1 aliphatic carbocycles. The molecule has 6 nitrogen and oxygen atoms in total. The summed E-state index contributed by atoms with van der Waals surface area (Å²) in [4.78, 5) is 24.0. The highest BCUT2D eigenvalue weighted by atomic mass is 79.9. The van der Waals surface area contributed by atoms with Gasteiger partial charge in [-0.15, -0.1) is 11.3 Å². The number of hydrogen-bond donors (Lipinski definition) is 1. The van der Waals surface area contributed by atoms with E-state index in [0.29, 0.717) is 24.2 Å². The van der Waals surface area contributed by atoms with Gasteiger partial charge in [-0.2, -0.15) is 4.98 Å². The van der Waals surface area contributed by atoms with E-state index in [2.05, 4.69) is 38.1 Å². The predicted molar refractivity (Wildman–Crippen MR) is 108 cm³/mol. The third-order valence-electron chi connectivity index (χ3n) is 5.73. The standard InChI is InChI=1S/C19H19BrN4O2S/c1-10-22-15(16(20)27-10)17(25)24-9-19(2)7-11(19)13(24)8-21-18-23-12-5-3-4-6-14(12)26-18/h3-6,11,13H,7-9H2,1-2H3,(H,21,23)/t11-,13+,19?/m0/s1. The zero-order valence-corrected chi connectivity index (χ0v) is 17.4. The molecule has 3 atom stereocenters. The molecule has 140 valence electrons. The Morgan fingerprint density at radius 2 is 2.26 bits per heavy atom. The first-order valence-electron chi connectivity index (χ1n) is 8.98. The highest BCUT2D eigenvalue weighted by Crippen LogP contribution is 2.60. The number of anilines is 1. The van der Waals surface area contributed by atoms with Crippen LogP contribution in [0.15, 0.2) is 32.5 Å². The minimum absolute atomic E-state index is 0.00372. The van der Waals surface area contributed by atoms with Crippen molar-refractivity contribution < 1.29 is 9.21 Å². The molecule has 0 spiro atoms. The molecule has 5 rings (SSSR count). The van der Waals surface area contributed by atoms with Crippen LogP contribution in [0.25, 0.3) is 11.1 Å². The van der Waals surface area contributed by atoms with Crippen LogP contribution in [0, 0.1) is 18.3 Å². The maximum absolute atomic E-state index is 13.1. The van der Waals surface area contributed by atoms with Gasteiger partial charge in [0.15, 0.2) is 11.3 Å². The second kappa shape index (κ2) is 6.04. The summed E-state index contributed by atoms with van der Waals surface area (Å²) >= 11 is 4.99. The monoisotopic (exact) mass is 446 g/mol. The first kappa shape index (κ1) is 17.2. The van der Waals surface area contributed by atoms with Gasteiger partial charge in [0.25, 0.3) is 11.9 Å². The number of piperidine rings is 1. The van der Waals surface area contributed by atoms with Crippen molar-refractivity contribution in [1.29, 1.82) is 0 Å². The lowest BCUT2D eigenvalue weighted by Crippen LogP contribution is -2.43. The number of rotatable bonds is 4. The van der Waals surface area contributed by atoms with Crippen LogP contribution in [-0.2, 0) is 0 Å². The summed E-state index contributed by atoms with van der Waals surface area (Å²) < 4.78 is 6.57. The number of amides is 1. The molecule has 0 radical (unpaired) electrons. The van der Waals surface area contributed by atoms with Crippen molar-refractivity contribution in [2.45, 2.75) is 26.3 Å². The molecule has 1 aliphatic heterocycles. The number of halogens is 1. The Bertz CT molecular complexity index is 1010. The van der Waals surface area contributed by atoms with E-state index in [0.717, 1.165) is 32.9 Å². The molecular formula is C19H19BrN4O2S. The molecule has 27 heavy (non-hydrogen) atoms. The number of thiazole rings is 1. The van der Waals surface area contributed by atoms with Gasteiger partial charge in [0.05, 0.1) is 11.0 Å². The molecule has 2 aromatic heterocycles. The van der Waals surface area contributed by atoms with Gasteiger partial charge >= 0.3 is 0 Å². The fourth-order valence-corrected chi connectivity index (χ4v) is 5.82. The van der Waals surface area contributed by atoms with Gasteiger partial charge in [-0.25, -0.2) is 4.98 Å². The Balaban J connectivity index is 1.36. The molecule has 1 aromatic carbocycles. The number of nitrogens with zero attached hydrogens (tertiary/aromatic N) is 3. The highest BCUT2D eigenvalue weighted by Gasteiger charge is 2.62. The van der Waals surface area contributed by atoms with E-state index >= 15 is 0 Å². The number of benzene rings is 1. The van der Waals surface area contributed by atoms with Crippen molar-refractivity contribution in [1.82, 2.24) is 14.9 Å². The van der Waals surface area contributed by atoms with Crippen molar-refractivity contribution in [2.24, 2.45) is 11.3 Å². The molecule has 1 saturated carbocycles. The van der Waals surface area contributed by atoms with E-state index in [1.807, 2.05) is 36.1 Å². The predicted octanol–water partition coefficient (Wildman–Crippen LogP) is 4.32. The molecule has 8 heteroatoms. The van der Waals surface area contributed by atoms with Crippen LogP contribution in [0.4, 0.5) is 6.01 Å². The number of carbonyl (C=O) groups is 1. The number of aromatic nitrogens is 2. The molecule has 2 fully saturated rings. The molecule has 1 unspecified atom stereocenters. The van der Waals surface area contributed by atoms with Crippen LogP contribution < -0.4 is 5.32 Å². The van der Waals surface area contributed by atoms with E-state index in [1.165, 1.54) is 11.3 Å². The summed E-state index contributed by atoms with van der Waals surface area (Å²) in [5.74, 6) is 0.515. The molecule has 0 bridgehead atoms. The Labute approximate surface area is 169 Å². The molecule has 3 heterocycles. The molecule has 2 aliphatic rings. The summed E-state index contributed by atoms with van der Waals surface area (Å²) in [6.07, 6.45) is 1.16. The number of hydrogen-bond acceptors (Lipinski definition) is 6. The van der Waals surface area contributed by atoms with Crippen LogP contribution in [-0.4, -0.2) is 39.9 Å².